The third kappa shape index (κ3) is 5.42. The van der Waals surface area contributed by atoms with E-state index in [0.29, 0.717) is 18.8 Å². The van der Waals surface area contributed by atoms with Crippen LogP contribution in [0.3, 0.4) is 0 Å². The Morgan fingerprint density at radius 1 is 1.28 bits per heavy atom. The van der Waals surface area contributed by atoms with Crippen molar-refractivity contribution in [3.63, 3.8) is 0 Å². The summed E-state index contributed by atoms with van der Waals surface area (Å²) in [4.78, 5) is 25.7. The molecular weight excluding hydrogens is 236 g/mol. The summed E-state index contributed by atoms with van der Waals surface area (Å²) in [6, 6.07) is 0. The summed E-state index contributed by atoms with van der Waals surface area (Å²) in [5.74, 6) is -0.291. The van der Waals surface area contributed by atoms with E-state index in [4.69, 9.17) is 5.11 Å². The van der Waals surface area contributed by atoms with E-state index in [1.54, 1.807) is 6.92 Å². The van der Waals surface area contributed by atoms with Crippen molar-refractivity contribution in [2.75, 3.05) is 6.54 Å². The zero-order valence-electron chi connectivity index (χ0n) is 10.4. The molecule has 0 unspecified atom stereocenters. The quantitative estimate of drug-likeness (QED) is 0.597. The molecular formula is C11H18N4O3. The third-order valence-electron chi connectivity index (χ3n) is 2.40. The number of carbonyl (C=O) groups excluding carboxylic acids is 1. The number of hydrogen-bond donors (Lipinski definition) is 3. The van der Waals surface area contributed by atoms with Crippen LogP contribution >= 0.6 is 0 Å². The largest absolute Gasteiger partial charge is 0.481 e. The average molecular weight is 254 g/mol. The van der Waals surface area contributed by atoms with Gasteiger partial charge in [-0.25, -0.2) is 4.98 Å². The number of rotatable bonds is 8. The van der Waals surface area contributed by atoms with Gasteiger partial charge in [0.1, 0.15) is 5.82 Å². The van der Waals surface area contributed by atoms with E-state index in [2.05, 4.69) is 20.5 Å². The fourth-order valence-corrected chi connectivity index (χ4v) is 1.48. The summed E-state index contributed by atoms with van der Waals surface area (Å²) in [5, 5.41) is 17.5. The van der Waals surface area contributed by atoms with Crippen LogP contribution in [0.15, 0.2) is 0 Å². The molecule has 0 radical (unpaired) electrons. The second-order valence-electron chi connectivity index (χ2n) is 4.06. The SMILES string of the molecule is Cc1nc(C(=O)NCCCCCCC(=O)O)n[nH]1. The zero-order chi connectivity index (χ0) is 13.4. The van der Waals surface area contributed by atoms with E-state index in [1.165, 1.54) is 0 Å². The van der Waals surface area contributed by atoms with E-state index in [1.807, 2.05) is 0 Å². The molecule has 0 aliphatic heterocycles. The minimum atomic E-state index is -0.761. The summed E-state index contributed by atoms with van der Waals surface area (Å²) in [7, 11) is 0. The molecule has 0 bridgehead atoms. The first-order chi connectivity index (χ1) is 8.59. The molecule has 7 heteroatoms. The maximum Gasteiger partial charge on any atom is 0.303 e. The molecule has 0 fully saturated rings. The Morgan fingerprint density at radius 3 is 2.61 bits per heavy atom. The van der Waals surface area contributed by atoms with Crippen molar-refractivity contribution in [3.8, 4) is 0 Å². The van der Waals surface area contributed by atoms with E-state index < -0.39 is 5.97 Å². The fraction of sp³-hybridized carbons (Fsp3) is 0.636. The van der Waals surface area contributed by atoms with Crippen LogP contribution in [0.2, 0.25) is 0 Å². The predicted molar refractivity (Wildman–Crippen MR) is 64.2 cm³/mol. The number of hydrogen-bond acceptors (Lipinski definition) is 4. The number of aromatic amines is 1. The number of carbonyl (C=O) groups is 2. The smallest absolute Gasteiger partial charge is 0.303 e. The Balaban J connectivity index is 2.04. The molecule has 1 aromatic rings. The number of amides is 1. The first-order valence-electron chi connectivity index (χ1n) is 5.98. The van der Waals surface area contributed by atoms with E-state index in [9.17, 15) is 9.59 Å². The van der Waals surface area contributed by atoms with Gasteiger partial charge in [0, 0.05) is 13.0 Å². The number of aliphatic carboxylic acids is 1. The van der Waals surface area contributed by atoms with Gasteiger partial charge in [0.05, 0.1) is 0 Å². The zero-order valence-corrected chi connectivity index (χ0v) is 10.4. The summed E-state index contributed by atoms with van der Waals surface area (Å²) >= 11 is 0. The first kappa shape index (κ1) is 14.1. The Morgan fingerprint density at radius 2 is 2.00 bits per heavy atom. The number of aromatic nitrogens is 3. The van der Waals surface area contributed by atoms with E-state index in [0.717, 1.165) is 19.3 Å². The van der Waals surface area contributed by atoms with Crippen LogP contribution in [0.5, 0.6) is 0 Å². The van der Waals surface area contributed by atoms with Gasteiger partial charge in [0.15, 0.2) is 0 Å². The molecule has 18 heavy (non-hydrogen) atoms. The summed E-state index contributed by atoms with van der Waals surface area (Å²) < 4.78 is 0. The minimum absolute atomic E-state index is 0.151. The molecule has 0 aliphatic carbocycles. The highest BCUT2D eigenvalue weighted by Gasteiger charge is 2.09. The Bertz CT molecular complexity index is 403. The van der Waals surface area contributed by atoms with Gasteiger partial charge >= 0.3 is 5.97 Å². The number of aryl methyl sites for hydroxylation is 1. The minimum Gasteiger partial charge on any atom is -0.481 e. The molecule has 0 saturated carbocycles. The van der Waals surface area contributed by atoms with Crippen LogP contribution in [0, 0.1) is 6.92 Å². The first-order valence-corrected chi connectivity index (χ1v) is 5.98. The summed E-state index contributed by atoms with van der Waals surface area (Å²) in [5.41, 5.74) is 0. The van der Waals surface area contributed by atoms with Gasteiger partial charge in [-0.3, -0.25) is 14.7 Å². The topological polar surface area (TPSA) is 108 Å². The molecule has 7 nitrogen and oxygen atoms in total. The Labute approximate surface area is 105 Å². The van der Waals surface area contributed by atoms with Gasteiger partial charge in [0.25, 0.3) is 5.91 Å². The normalized spacial score (nSPS) is 10.3. The van der Waals surface area contributed by atoms with Gasteiger partial charge in [-0.1, -0.05) is 12.8 Å². The van der Waals surface area contributed by atoms with Crippen molar-refractivity contribution in [3.05, 3.63) is 11.6 Å². The van der Waals surface area contributed by atoms with Gasteiger partial charge in [0.2, 0.25) is 5.82 Å². The Hall–Kier alpha value is -1.92. The van der Waals surface area contributed by atoms with Crippen LogP contribution < -0.4 is 5.32 Å². The van der Waals surface area contributed by atoms with Crippen LogP contribution in [0.25, 0.3) is 0 Å². The number of unbranched alkanes of at least 4 members (excludes halogenated alkanes) is 3. The molecule has 0 aromatic carbocycles. The molecule has 0 atom stereocenters. The van der Waals surface area contributed by atoms with Crippen molar-refractivity contribution in [1.29, 1.82) is 0 Å². The molecule has 3 N–H and O–H groups in total. The van der Waals surface area contributed by atoms with Crippen LogP contribution in [0.1, 0.15) is 48.5 Å². The van der Waals surface area contributed by atoms with Crippen molar-refractivity contribution in [2.45, 2.75) is 39.0 Å². The van der Waals surface area contributed by atoms with Crippen LogP contribution in [-0.2, 0) is 4.79 Å². The van der Waals surface area contributed by atoms with Gasteiger partial charge in [-0.2, -0.15) is 0 Å². The number of nitrogens with one attached hydrogen (secondary N) is 2. The fourth-order valence-electron chi connectivity index (χ4n) is 1.48. The highest BCUT2D eigenvalue weighted by molar-refractivity contribution is 5.90. The second-order valence-corrected chi connectivity index (χ2v) is 4.06. The van der Waals surface area contributed by atoms with Crippen LogP contribution in [-0.4, -0.2) is 38.7 Å². The molecule has 1 rings (SSSR count). The lowest BCUT2D eigenvalue weighted by molar-refractivity contribution is -0.137. The molecule has 1 heterocycles. The van der Waals surface area contributed by atoms with Gasteiger partial charge in [-0.05, 0) is 19.8 Å². The maximum absolute atomic E-state index is 11.5. The molecule has 0 saturated heterocycles. The standard InChI is InChI=1S/C11H18N4O3/c1-8-13-10(15-14-8)11(18)12-7-5-3-2-4-6-9(16)17/h2-7H2,1H3,(H,12,18)(H,16,17)(H,13,14,15). The molecule has 0 spiro atoms. The van der Waals surface area contributed by atoms with Crippen molar-refractivity contribution in [2.24, 2.45) is 0 Å². The van der Waals surface area contributed by atoms with Crippen molar-refractivity contribution >= 4 is 11.9 Å². The number of carboxylic acid groups (broad SMARTS) is 1. The van der Waals surface area contributed by atoms with Crippen molar-refractivity contribution < 1.29 is 14.7 Å². The Kier molecular flexibility index (Phi) is 5.83. The lowest BCUT2D eigenvalue weighted by atomic mass is 10.1. The predicted octanol–water partition coefficient (Wildman–Crippen LogP) is 0.878. The van der Waals surface area contributed by atoms with Crippen molar-refractivity contribution in [1.82, 2.24) is 20.5 Å². The number of nitrogens with zero attached hydrogens (tertiary/aromatic N) is 2. The lowest BCUT2D eigenvalue weighted by Crippen LogP contribution is -2.25. The summed E-state index contributed by atoms with van der Waals surface area (Å²) in [6.45, 7) is 2.28. The highest BCUT2D eigenvalue weighted by atomic mass is 16.4. The maximum atomic E-state index is 11.5. The third-order valence-corrected chi connectivity index (χ3v) is 2.40. The molecule has 1 aromatic heterocycles. The van der Waals surface area contributed by atoms with Crippen LogP contribution in [0.4, 0.5) is 0 Å². The molecule has 0 aliphatic rings. The van der Waals surface area contributed by atoms with E-state index in [-0.39, 0.29) is 18.2 Å². The second kappa shape index (κ2) is 7.41. The monoisotopic (exact) mass is 254 g/mol. The van der Waals surface area contributed by atoms with Gasteiger partial charge in [-0.15, -0.1) is 5.10 Å². The molecule has 100 valence electrons. The molecule has 1 amide bonds. The van der Waals surface area contributed by atoms with Gasteiger partial charge < -0.3 is 10.4 Å². The number of H-pyrrole nitrogens is 1. The highest BCUT2D eigenvalue weighted by Crippen LogP contribution is 2.02. The lowest BCUT2D eigenvalue weighted by Gasteiger charge is -2.02. The van der Waals surface area contributed by atoms with E-state index >= 15 is 0 Å². The number of carboxylic acids is 1. The summed E-state index contributed by atoms with van der Waals surface area (Å²) in [6.07, 6.45) is 3.49. The average Bonchev–Trinajstić information content (AvgIpc) is 2.74.